The van der Waals surface area contributed by atoms with E-state index in [2.05, 4.69) is 25.0 Å². The fraction of sp³-hybridized carbons (Fsp3) is 0.846. The van der Waals surface area contributed by atoms with Crippen molar-refractivity contribution < 1.29 is 9.90 Å². The Hall–Kier alpha value is -1.16. The van der Waals surface area contributed by atoms with Crippen LogP contribution in [0.2, 0.25) is 0 Å². The molecule has 4 fully saturated rings. The molecule has 30 heavy (non-hydrogen) atoms. The van der Waals surface area contributed by atoms with E-state index in [1.807, 2.05) is 18.5 Å². The van der Waals surface area contributed by atoms with Crippen molar-refractivity contribution in [2.24, 2.45) is 40.9 Å². The van der Waals surface area contributed by atoms with Gasteiger partial charge in [0.1, 0.15) is 6.54 Å². The van der Waals surface area contributed by atoms with Crippen LogP contribution in [0.4, 0.5) is 0 Å². The molecule has 0 bridgehead atoms. The summed E-state index contributed by atoms with van der Waals surface area (Å²) in [5, 5.41) is 15.1. The molecule has 8 atom stereocenters. The number of Topliss-reactive ketones (excluding diaryl/α,β-unsaturated/α-hetero) is 1. The second-order valence-electron chi connectivity index (χ2n) is 11.9. The van der Waals surface area contributed by atoms with Crippen LogP contribution in [0.25, 0.3) is 0 Å². The summed E-state index contributed by atoms with van der Waals surface area (Å²) in [5.41, 5.74) is 1.84. The van der Waals surface area contributed by atoms with Crippen molar-refractivity contribution in [2.45, 2.75) is 97.6 Å². The Morgan fingerprint density at radius 2 is 1.83 bits per heavy atom. The number of aliphatic hydroxyl groups is 1. The lowest BCUT2D eigenvalue weighted by molar-refractivity contribution is -0.133. The number of carbonyl (C=O) groups is 1. The van der Waals surface area contributed by atoms with Crippen LogP contribution in [0.3, 0.4) is 0 Å². The van der Waals surface area contributed by atoms with Gasteiger partial charge in [0.25, 0.3) is 0 Å². The lowest BCUT2D eigenvalue weighted by Crippen LogP contribution is -2.51. The van der Waals surface area contributed by atoms with Gasteiger partial charge in [-0.2, -0.15) is 5.10 Å². The first-order valence-electron chi connectivity index (χ1n) is 12.4. The van der Waals surface area contributed by atoms with Crippen LogP contribution in [-0.4, -0.2) is 26.3 Å². The summed E-state index contributed by atoms with van der Waals surface area (Å²) in [7, 11) is 0. The van der Waals surface area contributed by atoms with E-state index in [9.17, 15) is 9.90 Å². The Morgan fingerprint density at radius 1 is 1.07 bits per heavy atom. The number of fused-ring (bicyclic) bond motifs is 5. The summed E-state index contributed by atoms with van der Waals surface area (Å²) >= 11 is 0. The van der Waals surface area contributed by atoms with Crippen molar-refractivity contribution in [1.29, 1.82) is 0 Å². The molecule has 0 aliphatic heterocycles. The first-order chi connectivity index (χ1) is 14.2. The number of aromatic nitrogens is 2. The van der Waals surface area contributed by atoms with Gasteiger partial charge in [-0.3, -0.25) is 9.48 Å². The molecule has 1 N–H and O–H groups in total. The van der Waals surface area contributed by atoms with Gasteiger partial charge in [-0.1, -0.05) is 6.92 Å². The van der Waals surface area contributed by atoms with E-state index in [4.69, 9.17) is 0 Å². The third kappa shape index (κ3) is 3.29. The molecule has 0 radical (unpaired) electrons. The molecule has 166 valence electrons. The highest BCUT2D eigenvalue weighted by molar-refractivity contribution is 5.82. The molecule has 1 heterocycles. The van der Waals surface area contributed by atoms with E-state index < -0.39 is 5.60 Å². The molecule has 0 aromatic carbocycles. The van der Waals surface area contributed by atoms with Crippen LogP contribution in [-0.2, 0) is 11.3 Å². The number of rotatable bonds is 3. The van der Waals surface area contributed by atoms with Crippen molar-refractivity contribution >= 4 is 5.78 Å². The molecule has 0 amide bonds. The number of nitrogens with zero attached hydrogens (tertiary/aromatic N) is 2. The Labute approximate surface area is 181 Å². The minimum atomic E-state index is -0.439. The van der Waals surface area contributed by atoms with E-state index in [1.54, 1.807) is 0 Å². The molecule has 0 saturated heterocycles. The molecule has 4 nitrogen and oxygen atoms in total. The zero-order valence-electron chi connectivity index (χ0n) is 19.4. The highest BCUT2D eigenvalue weighted by atomic mass is 16.3. The van der Waals surface area contributed by atoms with Crippen molar-refractivity contribution in [3.63, 3.8) is 0 Å². The van der Waals surface area contributed by atoms with Crippen LogP contribution in [0.15, 0.2) is 6.07 Å². The van der Waals surface area contributed by atoms with E-state index in [0.29, 0.717) is 18.2 Å². The van der Waals surface area contributed by atoms with Gasteiger partial charge in [0.05, 0.1) is 11.3 Å². The fourth-order valence-corrected chi connectivity index (χ4v) is 8.70. The minimum absolute atomic E-state index is 0.182. The smallest absolute Gasteiger partial charge is 0.157 e. The van der Waals surface area contributed by atoms with Gasteiger partial charge in [0.2, 0.25) is 0 Å². The third-order valence-electron chi connectivity index (χ3n) is 10.0. The van der Waals surface area contributed by atoms with E-state index in [-0.39, 0.29) is 11.3 Å². The normalized spacial score (nSPS) is 45.5. The summed E-state index contributed by atoms with van der Waals surface area (Å²) in [6.07, 6.45) is 10.6. The van der Waals surface area contributed by atoms with Crippen LogP contribution < -0.4 is 0 Å². The molecule has 4 heteroatoms. The summed E-state index contributed by atoms with van der Waals surface area (Å²) < 4.78 is 1.92. The molecule has 8 unspecified atom stereocenters. The first-order valence-corrected chi connectivity index (χ1v) is 12.4. The number of hydrogen-bond acceptors (Lipinski definition) is 3. The summed E-state index contributed by atoms with van der Waals surface area (Å²) in [6, 6.07) is 2.07. The van der Waals surface area contributed by atoms with Crippen LogP contribution in [0, 0.1) is 54.8 Å². The summed E-state index contributed by atoms with van der Waals surface area (Å²) in [4.78, 5) is 13.4. The van der Waals surface area contributed by atoms with Crippen LogP contribution in [0.1, 0.15) is 83.0 Å². The third-order valence-corrected chi connectivity index (χ3v) is 10.0. The maximum Gasteiger partial charge on any atom is 0.157 e. The molecule has 1 aromatic rings. The van der Waals surface area contributed by atoms with E-state index >= 15 is 0 Å². The molecular formula is C26H40N2O2. The number of ketones is 1. The predicted octanol–water partition coefficient (Wildman–Crippen LogP) is 5.09. The first kappa shape index (κ1) is 20.7. The molecule has 4 aliphatic rings. The monoisotopic (exact) mass is 412 g/mol. The highest BCUT2D eigenvalue weighted by Gasteiger charge is 2.58. The standard InChI is InChI=1S/C26H40N2O2/c1-16-13-17(2)28(27-16)15-24(29)23-8-7-22-21-6-5-18-14-25(3,30)11-9-19(18)20(21)10-12-26(22,23)4/h13,18-23,30H,5-12,14-15H2,1-4H3. The second-order valence-corrected chi connectivity index (χ2v) is 11.9. The van der Waals surface area contributed by atoms with Crippen LogP contribution >= 0.6 is 0 Å². The highest BCUT2D eigenvalue weighted by Crippen LogP contribution is 2.64. The second kappa shape index (κ2) is 7.18. The molecule has 0 spiro atoms. The van der Waals surface area contributed by atoms with Gasteiger partial charge in [-0.15, -0.1) is 0 Å². The maximum atomic E-state index is 13.4. The quantitative estimate of drug-likeness (QED) is 0.752. The fourth-order valence-electron chi connectivity index (χ4n) is 8.70. The van der Waals surface area contributed by atoms with Gasteiger partial charge < -0.3 is 5.11 Å². The summed E-state index contributed by atoms with van der Waals surface area (Å²) in [5.74, 6) is 4.52. The van der Waals surface area contributed by atoms with Crippen molar-refractivity contribution in [2.75, 3.05) is 0 Å². The van der Waals surface area contributed by atoms with Gasteiger partial charge in [-0.25, -0.2) is 0 Å². The molecule has 1 aromatic heterocycles. The topological polar surface area (TPSA) is 55.1 Å². The number of aryl methyl sites for hydroxylation is 2. The number of carbonyl (C=O) groups excluding carboxylic acids is 1. The Kier molecular flexibility index (Phi) is 4.96. The molecule has 4 saturated carbocycles. The Morgan fingerprint density at radius 3 is 2.57 bits per heavy atom. The summed E-state index contributed by atoms with van der Waals surface area (Å²) in [6.45, 7) is 8.99. The van der Waals surface area contributed by atoms with E-state index in [1.165, 1.54) is 38.5 Å². The van der Waals surface area contributed by atoms with Gasteiger partial charge in [0, 0.05) is 11.6 Å². The predicted molar refractivity (Wildman–Crippen MR) is 118 cm³/mol. The lowest BCUT2D eigenvalue weighted by atomic mass is 9.49. The van der Waals surface area contributed by atoms with Crippen molar-refractivity contribution in [3.05, 3.63) is 17.5 Å². The van der Waals surface area contributed by atoms with Crippen molar-refractivity contribution in [1.82, 2.24) is 9.78 Å². The van der Waals surface area contributed by atoms with E-state index in [0.717, 1.165) is 54.3 Å². The minimum Gasteiger partial charge on any atom is -0.390 e. The van der Waals surface area contributed by atoms with Crippen molar-refractivity contribution in [3.8, 4) is 0 Å². The molecular weight excluding hydrogens is 372 g/mol. The zero-order chi connectivity index (χ0) is 21.3. The zero-order valence-corrected chi connectivity index (χ0v) is 19.4. The maximum absolute atomic E-state index is 13.4. The van der Waals surface area contributed by atoms with Gasteiger partial charge in [0.15, 0.2) is 5.78 Å². The van der Waals surface area contributed by atoms with Crippen LogP contribution in [0.5, 0.6) is 0 Å². The average Bonchev–Trinajstić information content (AvgIpc) is 3.18. The SMILES string of the molecule is Cc1cc(C)n(CC(=O)C2CCC3C4CCC5CC(C)(O)CCC5C4CCC23C)n1. The molecule has 4 aliphatic carbocycles. The Balaban J connectivity index is 1.32. The Bertz CT molecular complexity index is 827. The van der Waals surface area contributed by atoms with Gasteiger partial charge >= 0.3 is 0 Å². The lowest BCUT2D eigenvalue weighted by Gasteiger charge is -2.56. The van der Waals surface area contributed by atoms with Gasteiger partial charge in [-0.05, 0) is 120 Å². The number of hydrogen-bond donors (Lipinski definition) is 1. The average molecular weight is 413 g/mol. The molecule has 5 rings (SSSR count). The largest absolute Gasteiger partial charge is 0.390 e.